The highest BCUT2D eigenvalue weighted by Gasteiger charge is 2.17. The van der Waals surface area contributed by atoms with Crippen molar-refractivity contribution in [1.82, 2.24) is 20.3 Å². The zero-order chi connectivity index (χ0) is 18.2. The number of nitrogens with zero attached hydrogens (tertiary/aromatic N) is 5. The molecule has 1 aromatic heterocycles. The first-order chi connectivity index (χ1) is 12.1. The van der Waals surface area contributed by atoms with Crippen LogP contribution in [0.1, 0.15) is 28.7 Å². The molecule has 0 saturated heterocycles. The summed E-state index contributed by atoms with van der Waals surface area (Å²) >= 11 is 0. The number of nitriles is 2. The van der Waals surface area contributed by atoms with Crippen LogP contribution in [0.4, 0.5) is 0 Å². The predicted molar refractivity (Wildman–Crippen MR) is 84.3 cm³/mol. The highest BCUT2D eigenvalue weighted by Crippen LogP contribution is 2.05. The maximum Gasteiger partial charge on any atom is 0.356 e. The number of carbonyl (C=O) groups is 2. The van der Waals surface area contributed by atoms with Gasteiger partial charge in [-0.05, 0) is 19.1 Å². The van der Waals surface area contributed by atoms with Gasteiger partial charge < -0.3 is 10.1 Å². The number of rotatable bonds is 5. The van der Waals surface area contributed by atoms with Gasteiger partial charge >= 0.3 is 5.97 Å². The van der Waals surface area contributed by atoms with Crippen LogP contribution in [0, 0.1) is 22.7 Å². The third-order valence-electron chi connectivity index (χ3n) is 2.87. The number of hydrogen-bond donors (Lipinski definition) is 1. The molecular weight excluding hydrogens is 324 g/mol. The number of esters is 1. The van der Waals surface area contributed by atoms with E-state index in [-0.39, 0.29) is 23.7 Å². The lowest BCUT2D eigenvalue weighted by Gasteiger charge is -2.08. The minimum Gasteiger partial charge on any atom is -0.461 e. The van der Waals surface area contributed by atoms with E-state index >= 15 is 0 Å². The molecule has 0 aliphatic rings. The summed E-state index contributed by atoms with van der Waals surface area (Å²) in [4.78, 5) is 25.1. The molecule has 0 fully saturated rings. The Labute approximate surface area is 142 Å². The van der Waals surface area contributed by atoms with Gasteiger partial charge in [-0.1, -0.05) is 18.2 Å². The molecule has 2 rings (SSSR count). The van der Waals surface area contributed by atoms with Gasteiger partial charge in [-0.15, -0.1) is 10.2 Å². The maximum absolute atomic E-state index is 12.2. The molecule has 0 atom stereocenters. The van der Waals surface area contributed by atoms with Crippen LogP contribution >= 0.6 is 0 Å². The highest BCUT2D eigenvalue weighted by atomic mass is 16.5. The van der Waals surface area contributed by atoms with Gasteiger partial charge in [0.25, 0.3) is 5.91 Å². The number of carbonyl (C=O) groups excluding carboxylic acids is 2. The summed E-state index contributed by atoms with van der Waals surface area (Å²) in [5, 5.41) is 27.7. The lowest BCUT2D eigenvalue weighted by atomic mass is 10.2. The van der Waals surface area contributed by atoms with E-state index in [4.69, 9.17) is 15.3 Å². The summed E-state index contributed by atoms with van der Waals surface area (Å²) in [6.07, 6.45) is 1.07. The molecule has 1 amide bonds. The predicted octanol–water partition coefficient (Wildman–Crippen LogP) is 0.813. The smallest absolute Gasteiger partial charge is 0.356 e. The standard InChI is InChI=1S/C16H12N6O3/c1-2-25-16(24)14(19-15(23)11-6-4-3-5-7-11)10-22-20-12(8-17)13(9-18)21-22/h3-7,10H,2H2,1H3,(H,19,23)/b14-10-. The summed E-state index contributed by atoms with van der Waals surface area (Å²) in [5.41, 5.74) is -0.297. The number of ether oxygens (including phenoxy) is 1. The summed E-state index contributed by atoms with van der Waals surface area (Å²) in [6, 6.07) is 11.7. The molecule has 0 unspecified atom stereocenters. The Morgan fingerprint density at radius 3 is 2.32 bits per heavy atom. The van der Waals surface area contributed by atoms with Crippen molar-refractivity contribution in [3.05, 3.63) is 53.0 Å². The Morgan fingerprint density at radius 2 is 1.80 bits per heavy atom. The summed E-state index contributed by atoms with van der Waals surface area (Å²) < 4.78 is 4.88. The van der Waals surface area contributed by atoms with Crippen molar-refractivity contribution >= 4 is 18.1 Å². The van der Waals surface area contributed by atoms with Gasteiger partial charge in [0.1, 0.15) is 17.8 Å². The van der Waals surface area contributed by atoms with Crippen molar-refractivity contribution in [2.45, 2.75) is 6.92 Å². The molecule has 2 aromatic rings. The number of benzene rings is 1. The van der Waals surface area contributed by atoms with Gasteiger partial charge in [0.05, 0.1) is 12.8 Å². The van der Waals surface area contributed by atoms with Crippen LogP contribution in [0.3, 0.4) is 0 Å². The van der Waals surface area contributed by atoms with Crippen molar-refractivity contribution in [2.24, 2.45) is 0 Å². The minimum atomic E-state index is -0.805. The largest absolute Gasteiger partial charge is 0.461 e. The number of hydrogen-bond acceptors (Lipinski definition) is 7. The van der Waals surface area contributed by atoms with Gasteiger partial charge in [-0.25, -0.2) is 4.79 Å². The topological polar surface area (TPSA) is 134 Å². The van der Waals surface area contributed by atoms with Gasteiger partial charge in [0.2, 0.25) is 11.4 Å². The van der Waals surface area contributed by atoms with Gasteiger partial charge in [-0.3, -0.25) is 4.79 Å². The molecule has 0 bridgehead atoms. The van der Waals surface area contributed by atoms with Gasteiger partial charge in [0, 0.05) is 5.56 Å². The van der Waals surface area contributed by atoms with Crippen LogP contribution in [-0.4, -0.2) is 33.5 Å². The van der Waals surface area contributed by atoms with Crippen molar-refractivity contribution < 1.29 is 14.3 Å². The fraction of sp³-hybridized carbons (Fsp3) is 0.125. The fourth-order valence-electron chi connectivity index (χ4n) is 1.77. The lowest BCUT2D eigenvalue weighted by Crippen LogP contribution is -2.29. The van der Waals surface area contributed by atoms with E-state index in [0.29, 0.717) is 5.56 Å². The molecule has 25 heavy (non-hydrogen) atoms. The molecule has 9 heteroatoms. The van der Waals surface area contributed by atoms with Crippen molar-refractivity contribution in [1.29, 1.82) is 10.5 Å². The molecule has 0 spiro atoms. The third kappa shape index (κ3) is 4.27. The van der Waals surface area contributed by atoms with Crippen LogP contribution < -0.4 is 5.32 Å². The van der Waals surface area contributed by atoms with Crippen LogP contribution in [0.15, 0.2) is 36.0 Å². The van der Waals surface area contributed by atoms with Crippen LogP contribution in [0.25, 0.3) is 6.20 Å². The number of amides is 1. The van der Waals surface area contributed by atoms with Crippen LogP contribution in [-0.2, 0) is 9.53 Å². The van der Waals surface area contributed by atoms with E-state index in [1.807, 2.05) is 0 Å². The summed E-state index contributed by atoms with van der Waals surface area (Å²) in [7, 11) is 0. The van der Waals surface area contributed by atoms with Crippen molar-refractivity contribution in [2.75, 3.05) is 6.61 Å². The molecule has 0 aliphatic carbocycles. The zero-order valence-electron chi connectivity index (χ0n) is 13.1. The van der Waals surface area contributed by atoms with E-state index < -0.39 is 11.9 Å². The van der Waals surface area contributed by atoms with E-state index in [1.165, 1.54) is 0 Å². The minimum absolute atomic E-state index is 0.0941. The van der Waals surface area contributed by atoms with E-state index in [0.717, 1.165) is 11.0 Å². The Kier molecular flexibility index (Phi) is 5.59. The molecular formula is C16H12N6O3. The molecule has 124 valence electrons. The Morgan fingerprint density at radius 1 is 1.20 bits per heavy atom. The molecule has 0 saturated carbocycles. The first kappa shape index (κ1) is 17.4. The second-order valence-corrected chi connectivity index (χ2v) is 4.52. The molecule has 0 radical (unpaired) electrons. The first-order valence-electron chi connectivity index (χ1n) is 7.11. The van der Waals surface area contributed by atoms with E-state index in [9.17, 15) is 9.59 Å². The third-order valence-corrected chi connectivity index (χ3v) is 2.87. The maximum atomic E-state index is 12.2. The Bertz CT molecular complexity index is 871. The SMILES string of the molecule is CCOC(=O)/C(=C/n1nc(C#N)c(C#N)n1)NC(=O)c1ccccc1. The number of aromatic nitrogens is 3. The molecule has 9 nitrogen and oxygen atoms in total. The van der Waals surface area contributed by atoms with Crippen molar-refractivity contribution in [3.8, 4) is 12.1 Å². The van der Waals surface area contributed by atoms with Gasteiger partial charge in [0.15, 0.2) is 0 Å². The Balaban J connectivity index is 2.35. The van der Waals surface area contributed by atoms with E-state index in [2.05, 4.69) is 15.5 Å². The van der Waals surface area contributed by atoms with Crippen LogP contribution in [0.5, 0.6) is 0 Å². The highest BCUT2D eigenvalue weighted by molar-refractivity contribution is 6.02. The first-order valence-corrected chi connectivity index (χ1v) is 7.11. The second-order valence-electron chi connectivity index (χ2n) is 4.52. The molecule has 1 aromatic carbocycles. The Hall–Kier alpha value is -3.98. The number of nitrogens with one attached hydrogen (secondary N) is 1. The molecule has 0 aliphatic heterocycles. The summed E-state index contributed by atoms with van der Waals surface area (Å²) in [6.45, 7) is 1.71. The fourth-order valence-corrected chi connectivity index (χ4v) is 1.77. The summed E-state index contributed by atoms with van der Waals surface area (Å²) in [5.74, 6) is -1.34. The van der Waals surface area contributed by atoms with Crippen molar-refractivity contribution in [3.63, 3.8) is 0 Å². The van der Waals surface area contributed by atoms with Crippen LogP contribution in [0.2, 0.25) is 0 Å². The average Bonchev–Trinajstić information content (AvgIpc) is 3.04. The second kappa shape index (κ2) is 8.04. The zero-order valence-corrected chi connectivity index (χ0v) is 13.1. The average molecular weight is 336 g/mol. The molecule has 1 heterocycles. The quantitative estimate of drug-likeness (QED) is 0.630. The van der Waals surface area contributed by atoms with E-state index in [1.54, 1.807) is 49.4 Å². The monoisotopic (exact) mass is 336 g/mol. The molecule has 1 N–H and O–H groups in total. The normalized spacial score (nSPS) is 10.4. The lowest BCUT2D eigenvalue weighted by molar-refractivity contribution is -0.138. The van der Waals surface area contributed by atoms with Gasteiger partial charge in [-0.2, -0.15) is 15.3 Å².